The van der Waals surface area contributed by atoms with Gasteiger partial charge in [0.05, 0.1) is 18.9 Å². The first-order valence-electron chi connectivity index (χ1n) is 7.43. The predicted molar refractivity (Wildman–Crippen MR) is 75.8 cm³/mol. The van der Waals surface area contributed by atoms with Crippen molar-refractivity contribution >= 4 is 0 Å². The van der Waals surface area contributed by atoms with E-state index in [1.807, 2.05) is 12.1 Å². The summed E-state index contributed by atoms with van der Waals surface area (Å²) < 4.78 is 5.60. The second kappa shape index (κ2) is 7.08. The molecule has 4 heteroatoms. The van der Waals surface area contributed by atoms with Gasteiger partial charge in [0.2, 0.25) is 0 Å². The first kappa shape index (κ1) is 14.6. The van der Waals surface area contributed by atoms with Crippen LogP contribution in [0.15, 0.2) is 22.8 Å². The number of hydrogen-bond donors (Lipinski definition) is 2. The van der Waals surface area contributed by atoms with E-state index >= 15 is 0 Å². The fraction of sp³-hybridized carbons (Fsp3) is 0.733. The Morgan fingerprint density at radius 3 is 2.95 bits per heavy atom. The molecule has 19 heavy (non-hydrogen) atoms. The SMILES string of the molecule is CCC(N)C(c1ccco1)N1CCCCCC1CO. The Morgan fingerprint density at radius 1 is 1.47 bits per heavy atom. The van der Waals surface area contributed by atoms with Gasteiger partial charge in [0, 0.05) is 12.1 Å². The van der Waals surface area contributed by atoms with Crippen LogP contribution in [0, 0.1) is 0 Å². The molecule has 1 aromatic heterocycles. The Bertz CT molecular complexity index is 353. The maximum atomic E-state index is 9.67. The molecular weight excluding hydrogens is 240 g/mol. The molecule has 0 radical (unpaired) electrons. The van der Waals surface area contributed by atoms with Gasteiger partial charge in [-0.25, -0.2) is 0 Å². The Balaban J connectivity index is 2.24. The molecule has 3 unspecified atom stereocenters. The van der Waals surface area contributed by atoms with E-state index in [4.69, 9.17) is 10.2 Å². The van der Waals surface area contributed by atoms with Gasteiger partial charge in [0.1, 0.15) is 5.76 Å². The van der Waals surface area contributed by atoms with Gasteiger partial charge in [-0.15, -0.1) is 0 Å². The zero-order valence-electron chi connectivity index (χ0n) is 11.8. The lowest BCUT2D eigenvalue weighted by Crippen LogP contribution is -2.47. The van der Waals surface area contributed by atoms with Crippen molar-refractivity contribution in [1.29, 1.82) is 0 Å². The van der Waals surface area contributed by atoms with E-state index in [1.165, 1.54) is 19.3 Å². The molecule has 2 heterocycles. The maximum absolute atomic E-state index is 9.67. The first-order valence-corrected chi connectivity index (χ1v) is 7.43. The molecule has 0 aliphatic carbocycles. The summed E-state index contributed by atoms with van der Waals surface area (Å²) in [7, 11) is 0. The van der Waals surface area contributed by atoms with Crippen LogP contribution < -0.4 is 5.73 Å². The molecule has 1 aliphatic heterocycles. The summed E-state index contributed by atoms with van der Waals surface area (Å²) in [5.41, 5.74) is 6.32. The van der Waals surface area contributed by atoms with Crippen molar-refractivity contribution < 1.29 is 9.52 Å². The predicted octanol–water partition coefficient (Wildman–Crippen LogP) is 2.29. The minimum absolute atomic E-state index is 0.0401. The number of likely N-dealkylation sites (tertiary alicyclic amines) is 1. The van der Waals surface area contributed by atoms with Crippen LogP contribution in [0.25, 0.3) is 0 Å². The van der Waals surface area contributed by atoms with Gasteiger partial charge in [-0.05, 0) is 37.9 Å². The fourth-order valence-corrected chi connectivity index (χ4v) is 3.07. The van der Waals surface area contributed by atoms with Crippen molar-refractivity contribution in [2.75, 3.05) is 13.2 Å². The van der Waals surface area contributed by atoms with E-state index in [0.29, 0.717) is 0 Å². The molecule has 0 amide bonds. The second-order valence-corrected chi connectivity index (χ2v) is 5.46. The van der Waals surface area contributed by atoms with Gasteiger partial charge >= 0.3 is 0 Å². The molecule has 1 saturated heterocycles. The van der Waals surface area contributed by atoms with Crippen LogP contribution >= 0.6 is 0 Å². The molecule has 1 aliphatic rings. The number of aliphatic hydroxyl groups is 1. The van der Waals surface area contributed by atoms with Crippen LogP contribution in [-0.4, -0.2) is 35.2 Å². The quantitative estimate of drug-likeness (QED) is 0.858. The second-order valence-electron chi connectivity index (χ2n) is 5.46. The number of nitrogens with zero attached hydrogens (tertiary/aromatic N) is 1. The Kier molecular flexibility index (Phi) is 5.43. The highest BCUT2D eigenvalue weighted by Gasteiger charge is 2.33. The molecule has 1 aromatic rings. The highest BCUT2D eigenvalue weighted by atomic mass is 16.3. The van der Waals surface area contributed by atoms with E-state index in [-0.39, 0.29) is 24.7 Å². The highest BCUT2D eigenvalue weighted by molar-refractivity contribution is 5.09. The maximum Gasteiger partial charge on any atom is 0.122 e. The summed E-state index contributed by atoms with van der Waals surface area (Å²) in [5.74, 6) is 0.926. The topological polar surface area (TPSA) is 62.6 Å². The Labute approximate surface area is 115 Å². The third-order valence-electron chi connectivity index (χ3n) is 4.20. The summed E-state index contributed by atoms with van der Waals surface area (Å²) in [6, 6.07) is 4.24. The lowest BCUT2D eigenvalue weighted by molar-refractivity contribution is 0.0612. The lowest BCUT2D eigenvalue weighted by Gasteiger charge is -2.38. The summed E-state index contributed by atoms with van der Waals surface area (Å²) in [6.45, 7) is 3.30. The molecule has 2 rings (SSSR count). The number of rotatable bonds is 5. The monoisotopic (exact) mass is 266 g/mol. The van der Waals surface area contributed by atoms with Crippen molar-refractivity contribution in [3.05, 3.63) is 24.2 Å². The number of hydrogen-bond acceptors (Lipinski definition) is 4. The summed E-state index contributed by atoms with van der Waals surface area (Å²) in [5, 5.41) is 9.67. The molecule has 1 fully saturated rings. The van der Waals surface area contributed by atoms with Crippen LogP contribution in [0.3, 0.4) is 0 Å². The van der Waals surface area contributed by atoms with Crippen molar-refractivity contribution in [3.63, 3.8) is 0 Å². The molecule has 3 N–H and O–H groups in total. The van der Waals surface area contributed by atoms with E-state index in [0.717, 1.165) is 25.1 Å². The number of nitrogens with two attached hydrogens (primary N) is 1. The molecular formula is C15H26N2O2. The smallest absolute Gasteiger partial charge is 0.122 e. The molecule has 0 bridgehead atoms. The van der Waals surface area contributed by atoms with Crippen LogP contribution in [0.4, 0.5) is 0 Å². The van der Waals surface area contributed by atoms with E-state index in [1.54, 1.807) is 6.26 Å². The van der Waals surface area contributed by atoms with Gasteiger partial charge in [0.25, 0.3) is 0 Å². The highest BCUT2D eigenvalue weighted by Crippen LogP contribution is 2.31. The van der Waals surface area contributed by atoms with Gasteiger partial charge in [-0.1, -0.05) is 19.8 Å². The minimum atomic E-state index is 0.0401. The molecule has 108 valence electrons. The van der Waals surface area contributed by atoms with Crippen LogP contribution in [-0.2, 0) is 0 Å². The Morgan fingerprint density at radius 2 is 2.32 bits per heavy atom. The number of furan rings is 1. The van der Waals surface area contributed by atoms with Crippen molar-refractivity contribution in [1.82, 2.24) is 4.90 Å². The molecule has 0 saturated carbocycles. The van der Waals surface area contributed by atoms with Crippen molar-refractivity contribution in [2.45, 2.75) is 57.2 Å². The molecule has 3 atom stereocenters. The molecule has 4 nitrogen and oxygen atoms in total. The van der Waals surface area contributed by atoms with Gasteiger partial charge in [-0.2, -0.15) is 0 Å². The third-order valence-corrected chi connectivity index (χ3v) is 4.20. The molecule has 0 aromatic carbocycles. The summed E-state index contributed by atoms with van der Waals surface area (Å²) >= 11 is 0. The first-order chi connectivity index (χ1) is 9.27. The Hall–Kier alpha value is -0.840. The third kappa shape index (κ3) is 3.38. The minimum Gasteiger partial charge on any atom is -0.468 e. The average molecular weight is 266 g/mol. The van der Waals surface area contributed by atoms with Crippen LogP contribution in [0.2, 0.25) is 0 Å². The standard InChI is InChI=1S/C15H26N2O2/c1-2-13(16)15(14-8-6-10-19-14)17-9-5-3-4-7-12(17)11-18/h6,8,10,12-13,15,18H,2-5,7,9,11,16H2,1H3. The lowest BCUT2D eigenvalue weighted by atomic mass is 9.99. The largest absolute Gasteiger partial charge is 0.468 e. The zero-order chi connectivity index (χ0) is 13.7. The zero-order valence-corrected chi connectivity index (χ0v) is 11.8. The summed E-state index contributed by atoms with van der Waals surface area (Å²) in [6.07, 6.45) is 7.25. The normalized spacial score (nSPS) is 24.9. The van der Waals surface area contributed by atoms with Gasteiger partial charge < -0.3 is 15.3 Å². The van der Waals surface area contributed by atoms with Gasteiger partial charge in [0.15, 0.2) is 0 Å². The molecule has 0 spiro atoms. The summed E-state index contributed by atoms with van der Waals surface area (Å²) in [4.78, 5) is 2.36. The van der Waals surface area contributed by atoms with Gasteiger partial charge in [-0.3, -0.25) is 4.90 Å². The van der Waals surface area contributed by atoms with Crippen molar-refractivity contribution in [3.8, 4) is 0 Å². The number of aliphatic hydroxyl groups excluding tert-OH is 1. The van der Waals surface area contributed by atoms with Crippen LogP contribution in [0.5, 0.6) is 0 Å². The fourth-order valence-electron chi connectivity index (χ4n) is 3.07. The van der Waals surface area contributed by atoms with E-state index < -0.39 is 0 Å². The van der Waals surface area contributed by atoms with E-state index in [9.17, 15) is 5.11 Å². The van der Waals surface area contributed by atoms with Crippen LogP contribution in [0.1, 0.15) is 50.8 Å². The van der Waals surface area contributed by atoms with Crippen molar-refractivity contribution in [2.24, 2.45) is 5.73 Å². The van der Waals surface area contributed by atoms with E-state index in [2.05, 4.69) is 11.8 Å². The average Bonchev–Trinajstić information content (AvgIpc) is 2.85.